The highest BCUT2D eigenvalue weighted by atomic mass is 19.1. The minimum atomic E-state index is -0.551. The molecule has 0 unspecified atom stereocenters. The summed E-state index contributed by atoms with van der Waals surface area (Å²) < 4.78 is 24.0. The van der Waals surface area contributed by atoms with Crippen LogP contribution in [0.1, 0.15) is 16.8 Å². The van der Waals surface area contributed by atoms with Gasteiger partial charge in [0.05, 0.1) is 19.3 Å². The van der Waals surface area contributed by atoms with E-state index in [0.717, 1.165) is 6.42 Å². The number of nitrogens with zero attached hydrogens (tertiary/aromatic N) is 1. The monoisotopic (exact) mass is 253 g/mol. The van der Waals surface area contributed by atoms with Gasteiger partial charge in [-0.2, -0.15) is 0 Å². The highest BCUT2D eigenvalue weighted by Gasteiger charge is 2.20. The summed E-state index contributed by atoms with van der Waals surface area (Å²) in [6, 6.07) is 4.27. The summed E-state index contributed by atoms with van der Waals surface area (Å²) in [7, 11) is 1.46. The number of rotatable bonds is 2. The predicted molar refractivity (Wildman–Crippen MR) is 64.3 cm³/mol. The Morgan fingerprint density at radius 1 is 1.39 bits per heavy atom. The van der Waals surface area contributed by atoms with Crippen LogP contribution in [0.2, 0.25) is 0 Å². The fourth-order valence-corrected chi connectivity index (χ4v) is 1.92. The minimum Gasteiger partial charge on any atom is -0.497 e. The van der Waals surface area contributed by atoms with Gasteiger partial charge in [0, 0.05) is 25.8 Å². The van der Waals surface area contributed by atoms with Gasteiger partial charge in [-0.25, -0.2) is 4.39 Å². The third-order valence-electron chi connectivity index (χ3n) is 2.92. The average Bonchev–Trinajstić information content (AvgIpc) is 2.66. The quantitative estimate of drug-likeness (QED) is 0.805. The topological polar surface area (TPSA) is 38.8 Å². The van der Waals surface area contributed by atoms with Crippen LogP contribution >= 0.6 is 0 Å². The summed E-state index contributed by atoms with van der Waals surface area (Å²) in [5.41, 5.74) is 0.0812. The molecule has 98 valence electrons. The molecule has 0 N–H and O–H groups in total. The number of hydrogen-bond acceptors (Lipinski definition) is 3. The van der Waals surface area contributed by atoms with E-state index in [0.29, 0.717) is 32.1 Å². The third kappa shape index (κ3) is 2.79. The smallest absolute Gasteiger partial charge is 0.256 e. The van der Waals surface area contributed by atoms with Crippen molar-refractivity contribution in [1.29, 1.82) is 0 Å². The second-order valence-electron chi connectivity index (χ2n) is 4.10. The molecule has 1 amide bonds. The van der Waals surface area contributed by atoms with Gasteiger partial charge >= 0.3 is 0 Å². The number of ether oxygens (including phenoxy) is 2. The molecule has 0 aliphatic carbocycles. The molecule has 0 atom stereocenters. The van der Waals surface area contributed by atoms with Gasteiger partial charge in [-0.3, -0.25) is 4.79 Å². The number of hydrogen-bond donors (Lipinski definition) is 0. The van der Waals surface area contributed by atoms with Gasteiger partial charge in [0.25, 0.3) is 5.91 Å². The van der Waals surface area contributed by atoms with E-state index in [4.69, 9.17) is 9.47 Å². The Morgan fingerprint density at radius 3 is 2.94 bits per heavy atom. The summed E-state index contributed by atoms with van der Waals surface area (Å²) in [5, 5.41) is 0. The van der Waals surface area contributed by atoms with E-state index >= 15 is 0 Å². The average molecular weight is 253 g/mol. The molecule has 0 saturated carbocycles. The van der Waals surface area contributed by atoms with Crippen LogP contribution < -0.4 is 4.74 Å². The highest BCUT2D eigenvalue weighted by molar-refractivity contribution is 5.94. The summed E-state index contributed by atoms with van der Waals surface area (Å²) in [4.78, 5) is 13.8. The fraction of sp³-hybridized carbons (Fsp3) is 0.462. The lowest BCUT2D eigenvalue weighted by atomic mass is 10.1. The van der Waals surface area contributed by atoms with Crippen LogP contribution in [0.5, 0.6) is 5.75 Å². The molecule has 4 nitrogen and oxygen atoms in total. The molecule has 1 aromatic carbocycles. The van der Waals surface area contributed by atoms with Crippen LogP contribution in [-0.2, 0) is 4.74 Å². The molecular formula is C13H16FNO3. The molecule has 0 bridgehead atoms. The van der Waals surface area contributed by atoms with Gasteiger partial charge in [0.15, 0.2) is 0 Å². The number of carbonyl (C=O) groups is 1. The van der Waals surface area contributed by atoms with E-state index in [2.05, 4.69) is 0 Å². The zero-order valence-electron chi connectivity index (χ0n) is 10.3. The Bertz CT molecular complexity index is 428. The van der Waals surface area contributed by atoms with Gasteiger partial charge in [-0.05, 0) is 18.6 Å². The van der Waals surface area contributed by atoms with Crippen molar-refractivity contribution >= 4 is 5.91 Å². The van der Waals surface area contributed by atoms with Gasteiger partial charge in [-0.15, -0.1) is 0 Å². The lowest BCUT2D eigenvalue weighted by molar-refractivity contribution is 0.0736. The second-order valence-corrected chi connectivity index (χ2v) is 4.10. The van der Waals surface area contributed by atoms with E-state index < -0.39 is 5.82 Å². The van der Waals surface area contributed by atoms with E-state index in [-0.39, 0.29) is 11.5 Å². The number of carbonyl (C=O) groups excluding carboxylic acids is 1. The zero-order chi connectivity index (χ0) is 13.0. The summed E-state index contributed by atoms with van der Waals surface area (Å²) >= 11 is 0. The Kier molecular flexibility index (Phi) is 4.15. The van der Waals surface area contributed by atoms with Crippen molar-refractivity contribution in [3.8, 4) is 5.75 Å². The number of benzene rings is 1. The molecule has 0 aromatic heterocycles. The first-order valence-electron chi connectivity index (χ1n) is 5.93. The Morgan fingerprint density at radius 2 is 2.22 bits per heavy atom. The van der Waals surface area contributed by atoms with Gasteiger partial charge in [0.1, 0.15) is 11.6 Å². The lowest BCUT2D eigenvalue weighted by Gasteiger charge is -2.20. The van der Waals surface area contributed by atoms with Crippen LogP contribution in [0, 0.1) is 5.82 Å². The second kappa shape index (κ2) is 5.82. The van der Waals surface area contributed by atoms with Crippen molar-refractivity contribution in [2.45, 2.75) is 6.42 Å². The normalized spacial score (nSPS) is 16.2. The van der Waals surface area contributed by atoms with E-state index in [1.165, 1.54) is 19.2 Å². The number of halogens is 1. The molecule has 18 heavy (non-hydrogen) atoms. The summed E-state index contributed by atoms with van der Waals surface area (Å²) in [6.07, 6.45) is 0.781. The SMILES string of the molecule is COc1ccc(C(=O)N2CCCOCC2)c(F)c1. The van der Waals surface area contributed by atoms with Crippen LogP contribution in [0.15, 0.2) is 18.2 Å². The first kappa shape index (κ1) is 12.8. The van der Waals surface area contributed by atoms with E-state index in [9.17, 15) is 9.18 Å². The van der Waals surface area contributed by atoms with Crippen molar-refractivity contribution in [2.75, 3.05) is 33.4 Å². The standard InChI is InChI=1S/C13H16FNO3/c1-17-10-3-4-11(12(14)9-10)13(16)15-5-2-7-18-8-6-15/h3-4,9H,2,5-8H2,1H3. The van der Waals surface area contributed by atoms with Crippen molar-refractivity contribution in [1.82, 2.24) is 4.90 Å². The molecular weight excluding hydrogens is 237 g/mol. The molecule has 5 heteroatoms. The molecule has 0 spiro atoms. The summed E-state index contributed by atoms with van der Waals surface area (Å²) in [5.74, 6) is -0.437. The van der Waals surface area contributed by atoms with E-state index in [1.54, 1.807) is 11.0 Å². The van der Waals surface area contributed by atoms with Crippen LogP contribution in [0.25, 0.3) is 0 Å². The Labute approximate surface area is 105 Å². The molecule has 1 saturated heterocycles. The van der Waals surface area contributed by atoms with Crippen LogP contribution in [0.4, 0.5) is 4.39 Å². The van der Waals surface area contributed by atoms with Crippen molar-refractivity contribution in [2.24, 2.45) is 0 Å². The van der Waals surface area contributed by atoms with Gasteiger partial charge in [-0.1, -0.05) is 0 Å². The largest absolute Gasteiger partial charge is 0.497 e. The highest BCUT2D eigenvalue weighted by Crippen LogP contribution is 2.18. The van der Waals surface area contributed by atoms with E-state index in [1.807, 2.05) is 0 Å². The maximum absolute atomic E-state index is 13.8. The molecule has 1 heterocycles. The Balaban J connectivity index is 2.16. The minimum absolute atomic E-state index is 0.0812. The fourth-order valence-electron chi connectivity index (χ4n) is 1.92. The predicted octanol–water partition coefficient (Wildman–Crippen LogP) is 1.70. The van der Waals surface area contributed by atoms with Crippen LogP contribution in [-0.4, -0.2) is 44.2 Å². The van der Waals surface area contributed by atoms with Crippen molar-refractivity contribution < 1.29 is 18.7 Å². The molecule has 1 aliphatic rings. The molecule has 2 rings (SSSR count). The third-order valence-corrected chi connectivity index (χ3v) is 2.92. The lowest BCUT2D eigenvalue weighted by Crippen LogP contribution is -2.33. The van der Waals surface area contributed by atoms with Gasteiger partial charge in [0.2, 0.25) is 0 Å². The molecule has 1 fully saturated rings. The first-order chi connectivity index (χ1) is 8.72. The maximum Gasteiger partial charge on any atom is 0.256 e. The molecule has 1 aromatic rings. The zero-order valence-corrected chi connectivity index (χ0v) is 10.3. The molecule has 1 aliphatic heterocycles. The van der Waals surface area contributed by atoms with Gasteiger partial charge < -0.3 is 14.4 Å². The summed E-state index contributed by atoms with van der Waals surface area (Å²) in [6.45, 7) is 2.26. The van der Waals surface area contributed by atoms with Crippen molar-refractivity contribution in [3.05, 3.63) is 29.6 Å². The van der Waals surface area contributed by atoms with Crippen LogP contribution in [0.3, 0.4) is 0 Å². The number of methoxy groups -OCH3 is 1. The maximum atomic E-state index is 13.8. The Hall–Kier alpha value is -1.62. The number of amides is 1. The first-order valence-corrected chi connectivity index (χ1v) is 5.93. The molecule has 0 radical (unpaired) electrons. The van der Waals surface area contributed by atoms with Crippen molar-refractivity contribution in [3.63, 3.8) is 0 Å².